The lowest BCUT2D eigenvalue weighted by molar-refractivity contribution is -0.132. The summed E-state index contributed by atoms with van der Waals surface area (Å²) in [5.41, 5.74) is -0.392. The summed E-state index contributed by atoms with van der Waals surface area (Å²) in [5.74, 6) is 0.0228. The minimum absolute atomic E-state index is 0.0366. The molecule has 8 nitrogen and oxygen atoms in total. The van der Waals surface area contributed by atoms with E-state index in [0.717, 1.165) is 25.8 Å². The molecule has 0 saturated carbocycles. The summed E-state index contributed by atoms with van der Waals surface area (Å²) >= 11 is 0. The summed E-state index contributed by atoms with van der Waals surface area (Å²) in [4.78, 5) is 21.8. The average Bonchev–Trinajstić information content (AvgIpc) is 2.89. The molecule has 0 N–H and O–H groups in total. The van der Waals surface area contributed by atoms with E-state index < -0.39 is 28.2 Å². The van der Waals surface area contributed by atoms with Gasteiger partial charge in [-0.2, -0.15) is 0 Å². The molecular formula is C20H32BN3O5S. The third-order valence-electron chi connectivity index (χ3n) is 6.43. The number of carbonyl (C=O) groups excluding carboxylic acids is 1. The first kappa shape index (κ1) is 23.2. The van der Waals surface area contributed by atoms with Crippen molar-refractivity contribution >= 4 is 28.3 Å². The van der Waals surface area contributed by atoms with Gasteiger partial charge in [-0.1, -0.05) is 0 Å². The monoisotopic (exact) mass is 437 g/mol. The fourth-order valence-corrected chi connectivity index (χ4v) is 5.06. The molecule has 3 heterocycles. The van der Waals surface area contributed by atoms with Crippen LogP contribution in [0.5, 0.6) is 0 Å². The molecule has 0 aliphatic carbocycles. The summed E-state index contributed by atoms with van der Waals surface area (Å²) in [7, 11) is -4.22. The molecule has 0 aromatic carbocycles. The van der Waals surface area contributed by atoms with Gasteiger partial charge < -0.3 is 14.2 Å². The molecule has 1 atom stereocenters. The highest BCUT2D eigenvalue weighted by Gasteiger charge is 2.52. The number of likely N-dealkylation sites (tertiary alicyclic amines) is 1. The highest BCUT2D eigenvalue weighted by molar-refractivity contribution is 7.91. The van der Waals surface area contributed by atoms with E-state index in [1.54, 1.807) is 6.92 Å². The van der Waals surface area contributed by atoms with Crippen molar-refractivity contribution in [1.29, 1.82) is 0 Å². The molecular weight excluding hydrogens is 405 g/mol. The Bertz CT molecular complexity index is 857. The lowest BCUT2D eigenvalue weighted by Gasteiger charge is -2.35. The molecule has 0 spiro atoms. The van der Waals surface area contributed by atoms with Crippen molar-refractivity contribution in [3.05, 3.63) is 12.4 Å². The number of hydrogen-bond donors (Lipinski definition) is 0. The molecule has 30 heavy (non-hydrogen) atoms. The summed E-state index contributed by atoms with van der Waals surface area (Å²) in [5, 5.41) is -0.185. The van der Waals surface area contributed by atoms with Gasteiger partial charge in [0.15, 0.2) is 0 Å². The second-order valence-corrected chi connectivity index (χ2v) is 11.2. The van der Waals surface area contributed by atoms with Gasteiger partial charge in [0.1, 0.15) is 0 Å². The fourth-order valence-electron chi connectivity index (χ4n) is 3.90. The number of aromatic nitrogens is 2. The van der Waals surface area contributed by atoms with Crippen LogP contribution in [0.25, 0.3) is 0 Å². The highest BCUT2D eigenvalue weighted by Crippen LogP contribution is 2.36. The SMILES string of the molecule is CC(=O)N1CCCC[C@H]1CCCS(=O)(=O)c1ncc(B2OC(C)(C)C(C)(C)O2)cn1. The van der Waals surface area contributed by atoms with Crippen molar-refractivity contribution in [3.8, 4) is 0 Å². The molecule has 0 bridgehead atoms. The molecule has 1 aromatic rings. The van der Waals surface area contributed by atoms with Crippen LogP contribution in [0.15, 0.2) is 17.6 Å². The largest absolute Gasteiger partial charge is 0.498 e. The maximum Gasteiger partial charge on any atom is 0.498 e. The molecule has 0 radical (unpaired) electrons. The van der Waals surface area contributed by atoms with Crippen LogP contribution in [0.3, 0.4) is 0 Å². The third kappa shape index (κ3) is 4.86. The smallest absolute Gasteiger partial charge is 0.399 e. The van der Waals surface area contributed by atoms with Crippen LogP contribution in [0.4, 0.5) is 0 Å². The third-order valence-corrected chi connectivity index (χ3v) is 8.03. The zero-order chi connectivity index (χ0) is 22.2. The lowest BCUT2D eigenvalue weighted by Crippen LogP contribution is -2.42. The first-order valence-electron chi connectivity index (χ1n) is 10.6. The van der Waals surface area contributed by atoms with Gasteiger partial charge in [0.25, 0.3) is 0 Å². The zero-order valence-corrected chi connectivity index (χ0v) is 19.4. The molecule has 2 aliphatic rings. The Morgan fingerprint density at radius 1 is 1.17 bits per heavy atom. The molecule has 1 amide bonds. The minimum atomic E-state index is -3.59. The Balaban J connectivity index is 1.60. The van der Waals surface area contributed by atoms with Crippen molar-refractivity contribution in [1.82, 2.24) is 14.9 Å². The molecule has 1 aromatic heterocycles. The van der Waals surface area contributed by atoms with Gasteiger partial charge in [-0.3, -0.25) is 4.79 Å². The van der Waals surface area contributed by atoms with Gasteiger partial charge >= 0.3 is 7.12 Å². The Morgan fingerprint density at radius 2 is 1.77 bits per heavy atom. The van der Waals surface area contributed by atoms with E-state index in [1.165, 1.54) is 12.4 Å². The number of nitrogens with zero attached hydrogens (tertiary/aromatic N) is 3. The van der Waals surface area contributed by atoms with E-state index >= 15 is 0 Å². The number of amides is 1. The zero-order valence-electron chi connectivity index (χ0n) is 18.6. The first-order valence-corrected chi connectivity index (χ1v) is 12.3. The fraction of sp³-hybridized carbons (Fsp3) is 0.750. The van der Waals surface area contributed by atoms with E-state index in [2.05, 4.69) is 9.97 Å². The maximum atomic E-state index is 12.7. The van der Waals surface area contributed by atoms with Crippen molar-refractivity contribution in [3.63, 3.8) is 0 Å². The van der Waals surface area contributed by atoms with Gasteiger partial charge in [-0.05, 0) is 59.8 Å². The molecule has 10 heteroatoms. The Labute approximate surface area is 179 Å². The van der Waals surface area contributed by atoms with Crippen LogP contribution in [0.2, 0.25) is 0 Å². The summed E-state index contributed by atoms with van der Waals surface area (Å²) in [6, 6.07) is 0.123. The van der Waals surface area contributed by atoms with E-state index in [-0.39, 0.29) is 22.9 Å². The number of piperidine rings is 1. The van der Waals surface area contributed by atoms with E-state index in [9.17, 15) is 13.2 Å². The molecule has 3 rings (SSSR count). The van der Waals surface area contributed by atoms with Crippen LogP contribution in [-0.2, 0) is 23.9 Å². The molecule has 2 aliphatic heterocycles. The number of sulfone groups is 1. The van der Waals surface area contributed by atoms with Crippen LogP contribution >= 0.6 is 0 Å². The van der Waals surface area contributed by atoms with Gasteiger partial charge in [-0.15, -0.1) is 0 Å². The Kier molecular flexibility index (Phi) is 6.60. The molecule has 0 unspecified atom stereocenters. The van der Waals surface area contributed by atoms with Gasteiger partial charge in [0, 0.05) is 37.4 Å². The van der Waals surface area contributed by atoms with Crippen molar-refractivity contribution < 1.29 is 22.5 Å². The summed E-state index contributed by atoms with van der Waals surface area (Å²) in [6.07, 6.45) is 7.08. The van der Waals surface area contributed by atoms with Crippen LogP contribution in [0, 0.1) is 0 Å². The number of rotatable bonds is 6. The second kappa shape index (κ2) is 8.55. The lowest BCUT2D eigenvalue weighted by atomic mass is 9.81. The van der Waals surface area contributed by atoms with Gasteiger partial charge in [0.05, 0.1) is 17.0 Å². The van der Waals surface area contributed by atoms with Crippen LogP contribution < -0.4 is 5.46 Å². The molecule has 2 saturated heterocycles. The predicted octanol–water partition coefficient (Wildman–Crippen LogP) is 1.73. The van der Waals surface area contributed by atoms with Gasteiger partial charge in [0.2, 0.25) is 20.9 Å². The van der Waals surface area contributed by atoms with E-state index in [1.807, 2.05) is 32.6 Å². The predicted molar refractivity (Wildman–Crippen MR) is 114 cm³/mol. The topological polar surface area (TPSA) is 98.7 Å². The van der Waals surface area contributed by atoms with Crippen LogP contribution in [-0.4, -0.2) is 65.9 Å². The van der Waals surface area contributed by atoms with E-state index in [4.69, 9.17) is 9.31 Å². The quantitative estimate of drug-likeness (QED) is 0.494. The standard InChI is InChI=1S/C20H32BN3O5S/c1-15(25)24-11-7-6-9-17(24)10-8-12-30(26,27)18-22-13-16(14-23-18)21-28-19(2,3)20(4,5)29-21/h13-14,17H,6-12H2,1-5H3/t17-/m0/s1. The molecule has 166 valence electrons. The minimum Gasteiger partial charge on any atom is -0.399 e. The maximum absolute atomic E-state index is 12.7. The number of carbonyl (C=O) groups is 1. The summed E-state index contributed by atoms with van der Waals surface area (Å²) in [6.45, 7) is 10.1. The first-order chi connectivity index (χ1) is 13.9. The number of hydrogen-bond acceptors (Lipinski definition) is 7. The van der Waals surface area contributed by atoms with E-state index in [0.29, 0.717) is 18.3 Å². The molecule has 2 fully saturated rings. The Hall–Kier alpha value is -1.52. The van der Waals surface area contributed by atoms with Gasteiger partial charge in [-0.25, -0.2) is 18.4 Å². The van der Waals surface area contributed by atoms with Crippen LogP contribution in [0.1, 0.15) is 66.7 Å². The normalized spacial score (nSPS) is 23.6. The van der Waals surface area contributed by atoms with Crippen molar-refractivity contribution in [2.24, 2.45) is 0 Å². The van der Waals surface area contributed by atoms with Crippen molar-refractivity contribution in [2.45, 2.75) is 89.1 Å². The highest BCUT2D eigenvalue weighted by atomic mass is 32.2. The summed E-state index contributed by atoms with van der Waals surface area (Å²) < 4.78 is 37.2. The van der Waals surface area contributed by atoms with Crippen molar-refractivity contribution in [2.75, 3.05) is 12.3 Å². The Morgan fingerprint density at radius 3 is 2.33 bits per heavy atom. The average molecular weight is 437 g/mol. The second-order valence-electron chi connectivity index (χ2n) is 9.21.